The fourth-order valence-electron chi connectivity index (χ4n) is 3.72. The van der Waals surface area contributed by atoms with E-state index in [0.717, 1.165) is 23.3 Å². The van der Waals surface area contributed by atoms with Crippen LogP contribution >= 0.6 is 0 Å². The van der Waals surface area contributed by atoms with Gasteiger partial charge < -0.3 is 9.80 Å². The minimum atomic E-state index is -2.84. The third-order valence-electron chi connectivity index (χ3n) is 5.26. The highest BCUT2D eigenvalue weighted by Gasteiger charge is 2.42. The lowest BCUT2D eigenvalue weighted by atomic mass is 10.0. The number of carbonyl (C=O) groups excluding carboxylic acids is 1. The molecule has 3 fully saturated rings. The zero-order valence-corrected chi connectivity index (χ0v) is 13.8. The summed E-state index contributed by atoms with van der Waals surface area (Å²) in [5.74, 6) is -5.67. The van der Waals surface area contributed by atoms with Gasteiger partial charge in [0.15, 0.2) is 0 Å². The molecule has 136 valence electrons. The van der Waals surface area contributed by atoms with Gasteiger partial charge in [0, 0.05) is 37.2 Å². The Morgan fingerprint density at radius 2 is 1.68 bits per heavy atom. The molecule has 0 spiro atoms. The second kappa shape index (κ2) is 5.61. The van der Waals surface area contributed by atoms with Gasteiger partial charge in [-0.15, -0.1) is 0 Å². The second-order valence-electron chi connectivity index (χ2n) is 7.41. The molecule has 0 radical (unpaired) electrons. The lowest BCUT2D eigenvalue weighted by Crippen LogP contribution is -2.32. The summed E-state index contributed by atoms with van der Waals surface area (Å²) < 4.78 is 54.0. The molecule has 1 aliphatic carbocycles. The average molecular weight is 356 g/mol. The Kier molecular flexibility index (Phi) is 3.74. The normalized spacial score (nSPS) is 24.8. The molecule has 1 aromatic carbocycles. The summed E-state index contributed by atoms with van der Waals surface area (Å²) in [6, 6.07) is 5.07. The van der Waals surface area contributed by atoms with E-state index in [1.165, 1.54) is 0 Å². The van der Waals surface area contributed by atoms with Crippen molar-refractivity contribution in [2.45, 2.75) is 43.4 Å². The number of hydrogen-bond donors (Lipinski definition) is 0. The molecule has 1 saturated carbocycles. The molecule has 25 heavy (non-hydrogen) atoms. The largest absolute Gasteiger partial charge is 0.365 e. The summed E-state index contributed by atoms with van der Waals surface area (Å²) in [6.45, 7) is -0.668. The first-order chi connectivity index (χ1) is 11.7. The third-order valence-corrected chi connectivity index (χ3v) is 5.26. The average Bonchev–Trinajstić information content (AvgIpc) is 3.24. The molecule has 3 aliphatic rings. The van der Waals surface area contributed by atoms with Gasteiger partial charge in [-0.3, -0.25) is 4.79 Å². The monoisotopic (exact) mass is 356 g/mol. The fraction of sp³-hybridized carbons (Fsp3) is 0.611. The minimum absolute atomic E-state index is 0.0212. The van der Waals surface area contributed by atoms with E-state index < -0.39 is 24.3 Å². The lowest BCUT2D eigenvalue weighted by molar-refractivity contribution is 0.0120. The number of carbonyl (C=O) groups is 1. The van der Waals surface area contributed by atoms with E-state index in [0.29, 0.717) is 17.2 Å². The second-order valence-corrected chi connectivity index (χ2v) is 7.41. The molecule has 0 N–H and O–H groups in total. The lowest BCUT2D eigenvalue weighted by Gasteiger charge is -2.24. The Balaban J connectivity index is 1.62. The number of benzene rings is 1. The molecule has 4 rings (SSSR count). The molecular formula is C18H20F4N2O. The van der Waals surface area contributed by atoms with Crippen LogP contribution in [0.2, 0.25) is 0 Å². The van der Waals surface area contributed by atoms with E-state index in [1.807, 2.05) is 6.07 Å². The maximum atomic E-state index is 13.6. The summed E-state index contributed by atoms with van der Waals surface area (Å²) in [7, 11) is 0. The van der Waals surface area contributed by atoms with Crippen LogP contribution in [0.4, 0.5) is 23.2 Å². The Labute approximate surface area is 143 Å². The maximum Gasteiger partial charge on any atom is 0.267 e. The van der Waals surface area contributed by atoms with Crippen molar-refractivity contribution < 1.29 is 22.4 Å². The van der Waals surface area contributed by atoms with E-state index >= 15 is 0 Å². The Morgan fingerprint density at radius 3 is 2.24 bits per heavy atom. The van der Waals surface area contributed by atoms with E-state index in [2.05, 4.69) is 0 Å². The van der Waals surface area contributed by atoms with Gasteiger partial charge in [0.2, 0.25) is 0 Å². The van der Waals surface area contributed by atoms with E-state index in [4.69, 9.17) is 0 Å². The number of nitrogens with zero attached hydrogens (tertiary/aromatic N) is 2. The van der Waals surface area contributed by atoms with Crippen LogP contribution in [0.1, 0.15) is 47.5 Å². The highest BCUT2D eigenvalue weighted by Crippen LogP contribution is 2.46. The molecule has 2 heterocycles. The van der Waals surface area contributed by atoms with Crippen LogP contribution in [-0.4, -0.2) is 48.8 Å². The highest BCUT2D eigenvalue weighted by atomic mass is 19.3. The van der Waals surface area contributed by atoms with Crippen molar-refractivity contribution in [2.75, 3.05) is 31.1 Å². The van der Waals surface area contributed by atoms with Crippen molar-refractivity contribution in [3.63, 3.8) is 0 Å². The van der Waals surface area contributed by atoms with Crippen molar-refractivity contribution in [1.82, 2.24) is 4.90 Å². The van der Waals surface area contributed by atoms with Gasteiger partial charge in [-0.1, -0.05) is 6.07 Å². The van der Waals surface area contributed by atoms with E-state index in [-0.39, 0.29) is 32.5 Å². The standard InChI is InChI=1S/C18H20F4N2O/c19-17(20)5-7-23(10-17)15-9-13(3-4-14(15)12-1-2-12)16(25)24-8-6-18(21,22)11-24/h3-4,9,12H,1-2,5-8,10-11H2. The van der Waals surface area contributed by atoms with Crippen molar-refractivity contribution >= 4 is 11.6 Å². The molecule has 3 nitrogen and oxygen atoms in total. The summed E-state index contributed by atoms with van der Waals surface area (Å²) in [6.07, 6.45) is 1.50. The summed E-state index contributed by atoms with van der Waals surface area (Å²) >= 11 is 0. The van der Waals surface area contributed by atoms with Crippen LogP contribution < -0.4 is 4.90 Å². The molecular weight excluding hydrogens is 336 g/mol. The highest BCUT2D eigenvalue weighted by molar-refractivity contribution is 5.95. The van der Waals surface area contributed by atoms with Gasteiger partial charge in [-0.05, 0) is 36.5 Å². The molecule has 2 saturated heterocycles. The maximum absolute atomic E-state index is 13.6. The number of likely N-dealkylation sites (tertiary alicyclic amines) is 1. The first-order valence-electron chi connectivity index (χ1n) is 8.68. The molecule has 0 bridgehead atoms. The topological polar surface area (TPSA) is 23.6 Å². The zero-order chi connectivity index (χ0) is 17.8. The first-order valence-corrected chi connectivity index (χ1v) is 8.68. The zero-order valence-electron chi connectivity index (χ0n) is 13.8. The van der Waals surface area contributed by atoms with Gasteiger partial charge in [-0.25, -0.2) is 17.6 Å². The van der Waals surface area contributed by atoms with Gasteiger partial charge in [-0.2, -0.15) is 0 Å². The molecule has 1 aromatic rings. The van der Waals surface area contributed by atoms with Gasteiger partial charge >= 0.3 is 0 Å². The molecule has 7 heteroatoms. The minimum Gasteiger partial charge on any atom is -0.365 e. The van der Waals surface area contributed by atoms with E-state index in [9.17, 15) is 22.4 Å². The van der Waals surface area contributed by atoms with Crippen LogP contribution in [-0.2, 0) is 0 Å². The summed E-state index contributed by atoms with van der Waals surface area (Å²) in [5.41, 5.74) is 1.95. The van der Waals surface area contributed by atoms with Crippen molar-refractivity contribution in [2.24, 2.45) is 0 Å². The number of alkyl halides is 4. The summed E-state index contributed by atoms with van der Waals surface area (Å²) in [5, 5.41) is 0. The van der Waals surface area contributed by atoms with Crippen molar-refractivity contribution in [3.05, 3.63) is 29.3 Å². The van der Waals surface area contributed by atoms with Crippen molar-refractivity contribution in [3.8, 4) is 0 Å². The van der Waals surface area contributed by atoms with Gasteiger partial charge in [0.05, 0.1) is 13.1 Å². The third kappa shape index (κ3) is 3.33. The molecule has 0 atom stereocenters. The Bertz CT molecular complexity index is 702. The van der Waals surface area contributed by atoms with Gasteiger partial charge in [0.25, 0.3) is 17.8 Å². The number of hydrogen-bond acceptors (Lipinski definition) is 2. The first kappa shape index (κ1) is 16.7. The Morgan fingerprint density at radius 1 is 1.00 bits per heavy atom. The van der Waals surface area contributed by atoms with Crippen LogP contribution in [0, 0.1) is 0 Å². The predicted octanol–water partition coefficient (Wildman–Crippen LogP) is 3.89. The molecule has 0 aromatic heterocycles. The van der Waals surface area contributed by atoms with E-state index in [1.54, 1.807) is 17.0 Å². The number of amides is 1. The van der Waals surface area contributed by atoms with Gasteiger partial charge in [0.1, 0.15) is 0 Å². The molecule has 0 unspecified atom stereocenters. The van der Waals surface area contributed by atoms with Crippen LogP contribution in [0.25, 0.3) is 0 Å². The molecule has 1 amide bonds. The fourth-order valence-corrected chi connectivity index (χ4v) is 3.72. The SMILES string of the molecule is O=C(c1ccc(C2CC2)c(N2CCC(F)(F)C2)c1)N1CCC(F)(F)C1. The smallest absolute Gasteiger partial charge is 0.267 e. The molecule has 2 aliphatic heterocycles. The van der Waals surface area contributed by atoms with Crippen LogP contribution in [0.15, 0.2) is 18.2 Å². The van der Waals surface area contributed by atoms with Crippen molar-refractivity contribution in [1.29, 1.82) is 0 Å². The summed E-state index contributed by atoms with van der Waals surface area (Å²) in [4.78, 5) is 15.3. The predicted molar refractivity (Wildman–Crippen MR) is 85.7 cm³/mol. The van der Waals surface area contributed by atoms with Crippen LogP contribution in [0.3, 0.4) is 0 Å². The number of rotatable bonds is 3. The number of anilines is 1. The quantitative estimate of drug-likeness (QED) is 0.767. The Hall–Kier alpha value is -1.79. The number of halogens is 4. The van der Waals surface area contributed by atoms with Crippen LogP contribution in [0.5, 0.6) is 0 Å².